The molecular formula is C36H26O4. The van der Waals surface area contributed by atoms with Crippen molar-refractivity contribution in [1.29, 1.82) is 0 Å². The minimum Gasteiger partial charge on any atom is -0.456 e. The Labute approximate surface area is 230 Å². The lowest BCUT2D eigenvalue weighted by molar-refractivity contribution is 0.649. The number of rotatable bonds is 2. The van der Waals surface area contributed by atoms with Crippen LogP contribution in [0.3, 0.4) is 0 Å². The van der Waals surface area contributed by atoms with Crippen LogP contribution in [0.4, 0.5) is 0 Å². The summed E-state index contributed by atoms with van der Waals surface area (Å²) in [5, 5.41) is 1.56. The molecule has 40 heavy (non-hydrogen) atoms. The van der Waals surface area contributed by atoms with Crippen molar-refractivity contribution >= 4 is 43.9 Å². The molecule has 2 aromatic heterocycles. The number of hydrogen-bond acceptors (Lipinski definition) is 4. The third-order valence-electron chi connectivity index (χ3n) is 8.02. The van der Waals surface area contributed by atoms with E-state index in [1.165, 1.54) is 0 Å². The van der Waals surface area contributed by atoms with Crippen molar-refractivity contribution < 1.29 is 8.83 Å². The first kappa shape index (κ1) is 24.1. The Kier molecular flexibility index (Phi) is 5.29. The minimum atomic E-state index is -0.219. The Bertz CT molecular complexity index is 2260. The van der Waals surface area contributed by atoms with E-state index in [-0.39, 0.29) is 21.8 Å². The van der Waals surface area contributed by atoms with Crippen molar-refractivity contribution in [1.82, 2.24) is 0 Å². The van der Waals surface area contributed by atoms with Crippen LogP contribution in [0.1, 0.15) is 22.3 Å². The fourth-order valence-electron chi connectivity index (χ4n) is 6.10. The number of hydrogen-bond donors (Lipinski definition) is 0. The van der Waals surface area contributed by atoms with Gasteiger partial charge in [0.05, 0.1) is 16.2 Å². The normalized spacial score (nSPS) is 11.7. The average Bonchev–Trinajstić information content (AvgIpc) is 2.92. The van der Waals surface area contributed by atoms with Crippen LogP contribution in [0.2, 0.25) is 0 Å². The van der Waals surface area contributed by atoms with Crippen molar-refractivity contribution in [3.8, 4) is 22.3 Å². The zero-order chi connectivity index (χ0) is 27.7. The van der Waals surface area contributed by atoms with Crippen LogP contribution in [0, 0.1) is 27.7 Å². The van der Waals surface area contributed by atoms with Gasteiger partial charge in [-0.25, -0.2) is 0 Å². The molecule has 0 unspecified atom stereocenters. The maximum atomic E-state index is 13.9. The summed E-state index contributed by atoms with van der Waals surface area (Å²) >= 11 is 0. The molecule has 0 aliphatic carbocycles. The molecule has 0 radical (unpaired) electrons. The van der Waals surface area contributed by atoms with Gasteiger partial charge in [0.15, 0.2) is 5.58 Å². The summed E-state index contributed by atoms with van der Waals surface area (Å²) in [4.78, 5) is 27.4. The standard InChI is InChI=1S/C36H26O4/c1-19-7-5-8-20(2)31(19)23-12-14-26-29(17-23)39-28-16-15-27-34(37)25-13-11-24(32-21(3)9-6-10-22(32)4)18-30(25)40-36(27)33(28)35(26)38/h5-18H,1-4H3. The summed E-state index contributed by atoms with van der Waals surface area (Å²) in [6.07, 6.45) is 0. The van der Waals surface area contributed by atoms with Gasteiger partial charge < -0.3 is 8.83 Å². The van der Waals surface area contributed by atoms with Gasteiger partial charge in [-0.05, 0) is 109 Å². The Morgan fingerprint density at radius 1 is 0.475 bits per heavy atom. The zero-order valence-electron chi connectivity index (χ0n) is 22.7. The first-order chi connectivity index (χ1) is 19.3. The predicted molar refractivity (Wildman–Crippen MR) is 163 cm³/mol. The van der Waals surface area contributed by atoms with Crippen molar-refractivity contribution in [2.75, 3.05) is 0 Å². The highest BCUT2D eigenvalue weighted by molar-refractivity contribution is 6.07. The molecule has 0 amide bonds. The molecule has 5 aromatic carbocycles. The van der Waals surface area contributed by atoms with Gasteiger partial charge in [0.25, 0.3) is 0 Å². The van der Waals surface area contributed by atoms with Crippen molar-refractivity contribution in [2.45, 2.75) is 27.7 Å². The number of aryl methyl sites for hydroxylation is 4. The predicted octanol–water partition coefficient (Wildman–Crippen LogP) is 8.77. The Hall–Kier alpha value is -4.96. The molecule has 194 valence electrons. The summed E-state index contributed by atoms with van der Waals surface area (Å²) in [5.41, 5.74) is 9.96. The molecule has 0 aliphatic heterocycles. The van der Waals surface area contributed by atoms with Crippen molar-refractivity contribution in [3.05, 3.63) is 128 Å². The van der Waals surface area contributed by atoms with E-state index in [1.807, 2.05) is 42.5 Å². The van der Waals surface area contributed by atoms with Gasteiger partial charge in [-0.3, -0.25) is 9.59 Å². The molecule has 0 spiro atoms. The third-order valence-corrected chi connectivity index (χ3v) is 8.02. The van der Waals surface area contributed by atoms with Crippen molar-refractivity contribution in [3.63, 3.8) is 0 Å². The molecule has 0 saturated heterocycles. The summed E-state index contributed by atoms with van der Waals surface area (Å²) in [6, 6.07) is 27.1. The third kappa shape index (κ3) is 3.53. The van der Waals surface area contributed by atoms with E-state index in [0.717, 1.165) is 44.5 Å². The number of fused-ring (bicyclic) bond motifs is 5. The quantitative estimate of drug-likeness (QED) is 0.168. The van der Waals surface area contributed by atoms with E-state index in [0.29, 0.717) is 32.9 Å². The van der Waals surface area contributed by atoms with E-state index < -0.39 is 0 Å². The van der Waals surface area contributed by atoms with E-state index in [1.54, 1.807) is 18.2 Å². The van der Waals surface area contributed by atoms with Crippen LogP contribution in [0.15, 0.2) is 103 Å². The second-order valence-corrected chi connectivity index (χ2v) is 10.6. The molecule has 4 nitrogen and oxygen atoms in total. The van der Waals surface area contributed by atoms with E-state index in [9.17, 15) is 9.59 Å². The first-order valence-corrected chi connectivity index (χ1v) is 13.3. The highest BCUT2D eigenvalue weighted by atomic mass is 16.3. The van der Waals surface area contributed by atoms with E-state index in [4.69, 9.17) is 8.83 Å². The van der Waals surface area contributed by atoms with Gasteiger partial charge in [0, 0.05) is 0 Å². The van der Waals surface area contributed by atoms with Crippen molar-refractivity contribution in [2.24, 2.45) is 0 Å². The summed E-state index contributed by atoms with van der Waals surface area (Å²) in [7, 11) is 0. The monoisotopic (exact) mass is 522 g/mol. The second kappa shape index (κ2) is 8.78. The molecule has 0 bridgehead atoms. The van der Waals surface area contributed by atoms with Gasteiger partial charge in [0.1, 0.15) is 22.1 Å². The molecule has 0 atom stereocenters. The summed E-state index contributed by atoms with van der Waals surface area (Å²) < 4.78 is 12.7. The molecule has 7 aromatic rings. The van der Waals surface area contributed by atoms with Gasteiger partial charge in [-0.1, -0.05) is 48.5 Å². The Morgan fingerprint density at radius 3 is 1.50 bits per heavy atom. The Morgan fingerprint density at radius 2 is 0.950 bits per heavy atom. The highest BCUT2D eigenvalue weighted by Crippen LogP contribution is 2.34. The minimum absolute atomic E-state index is 0.170. The molecular weight excluding hydrogens is 496 g/mol. The van der Waals surface area contributed by atoms with Gasteiger partial charge in [-0.2, -0.15) is 0 Å². The molecule has 0 N–H and O–H groups in total. The lowest BCUT2D eigenvalue weighted by Crippen LogP contribution is -2.07. The topological polar surface area (TPSA) is 60.4 Å². The lowest BCUT2D eigenvalue weighted by Gasteiger charge is -2.12. The average molecular weight is 523 g/mol. The first-order valence-electron chi connectivity index (χ1n) is 13.3. The van der Waals surface area contributed by atoms with Gasteiger partial charge in [-0.15, -0.1) is 0 Å². The van der Waals surface area contributed by atoms with E-state index in [2.05, 4.69) is 52.0 Å². The smallest absolute Gasteiger partial charge is 0.204 e. The SMILES string of the molecule is Cc1cccc(C)c1-c1ccc2c(=O)c3ccc4oc5cc(-c6c(C)cccc6C)ccc5c(=O)c4c3oc2c1. The fraction of sp³-hybridized carbons (Fsp3) is 0.111. The summed E-state index contributed by atoms with van der Waals surface area (Å²) in [5.74, 6) is 0. The maximum Gasteiger partial charge on any atom is 0.204 e. The molecule has 0 aliphatic rings. The van der Waals surface area contributed by atoms with Gasteiger partial charge >= 0.3 is 0 Å². The largest absolute Gasteiger partial charge is 0.456 e. The second-order valence-electron chi connectivity index (χ2n) is 10.6. The van der Waals surface area contributed by atoms with Crippen LogP contribution < -0.4 is 10.9 Å². The van der Waals surface area contributed by atoms with Crippen LogP contribution in [-0.4, -0.2) is 0 Å². The molecule has 4 heteroatoms. The van der Waals surface area contributed by atoms with Crippen LogP contribution in [-0.2, 0) is 0 Å². The van der Waals surface area contributed by atoms with Crippen LogP contribution in [0.5, 0.6) is 0 Å². The molecule has 7 rings (SSSR count). The molecule has 0 fully saturated rings. The highest BCUT2D eigenvalue weighted by Gasteiger charge is 2.18. The maximum absolute atomic E-state index is 13.9. The lowest BCUT2D eigenvalue weighted by atomic mass is 9.94. The fourth-order valence-corrected chi connectivity index (χ4v) is 6.10. The van der Waals surface area contributed by atoms with Gasteiger partial charge in [0.2, 0.25) is 10.9 Å². The molecule has 0 saturated carbocycles. The van der Waals surface area contributed by atoms with Crippen LogP contribution in [0.25, 0.3) is 66.1 Å². The number of benzene rings is 5. The Balaban J connectivity index is 1.50. The van der Waals surface area contributed by atoms with Crippen LogP contribution >= 0.6 is 0 Å². The van der Waals surface area contributed by atoms with E-state index >= 15 is 0 Å². The summed E-state index contributed by atoms with van der Waals surface area (Å²) in [6.45, 7) is 8.29. The molecule has 2 heterocycles. The zero-order valence-corrected chi connectivity index (χ0v) is 22.7.